The van der Waals surface area contributed by atoms with Crippen LogP contribution < -0.4 is 5.32 Å². The maximum atomic E-state index is 12.3. The van der Waals surface area contributed by atoms with Crippen molar-refractivity contribution in [3.05, 3.63) is 60.1 Å². The van der Waals surface area contributed by atoms with E-state index < -0.39 is 0 Å². The Morgan fingerprint density at radius 1 is 1.24 bits per heavy atom. The molecule has 5 heteroatoms. The summed E-state index contributed by atoms with van der Waals surface area (Å²) >= 11 is 0. The Morgan fingerprint density at radius 3 is 2.64 bits per heavy atom. The zero-order valence-corrected chi connectivity index (χ0v) is 14.4. The molecule has 25 heavy (non-hydrogen) atoms. The largest absolute Gasteiger partial charge is 0.472 e. The molecule has 0 radical (unpaired) electrons. The van der Waals surface area contributed by atoms with Gasteiger partial charge >= 0.3 is 0 Å². The number of benzene rings is 1. The molecule has 3 rings (SSSR count). The predicted octanol–water partition coefficient (Wildman–Crippen LogP) is 2.64. The molecule has 0 saturated carbocycles. The smallest absolute Gasteiger partial charge is 0.257 e. The minimum absolute atomic E-state index is 0.0506. The van der Waals surface area contributed by atoms with E-state index in [9.17, 15) is 9.90 Å². The second-order valence-corrected chi connectivity index (χ2v) is 6.61. The average Bonchev–Trinajstić information content (AvgIpc) is 3.20. The van der Waals surface area contributed by atoms with Crippen molar-refractivity contribution in [2.45, 2.75) is 31.2 Å². The van der Waals surface area contributed by atoms with Gasteiger partial charge in [-0.15, -0.1) is 0 Å². The maximum Gasteiger partial charge on any atom is 0.257 e. The number of nitrogens with zero attached hydrogens (tertiary/aromatic N) is 1. The van der Waals surface area contributed by atoms with Gasteiger partial charge in [0.05, 0.1) is 11.8 Å². The van der Waals surface area contributed by atoms with E-state index in [-0.39, 0.29) is 12.5 Å². The number of likely N-dealkylation sites (tertiary alicyclic amines) is 1. The molecule has 0 spiro atoms. The zero-order chi connectivity index (χ0) is 17.5. The molecule has 1 aromatic carbocycles. The normalized spacial score (nSPS) is 16.8. The minimum Gasteiger partial charge on any atom is -0.472 e. The Hall–Kier alpha value is -2.11. The van der Waals surface area contributed by atoms with Crippen LogP contribution in [-0.4, -0.2) is 48.2 Å². The third kappa shape index (κ3) is 4.71. The Balaban J connectivity index is 1.47. The van der Waals surface area contributed by atoms with Gasteiger partial charge < -0.3 is 19.7 Å². The number of hydrogen-bond donors (Lipinski definition) is 2. The van der Waals surface area contributed by atoms with Crippen LogP contribution in [0.3, 0.4) is 0 Å². The van der Waals surface area contributed by atoms with Crippen LogP contribution in [-0.2, 0) is 0 Å². The lowest BCUT2D eigenvalue weighted by Crippen LogP contribution is -2.45. The van der Waals surface area contributed by atoms with Gasteiger partial charge in [0, 0.05) is 32.3 Å². The highest BCUT2D eigenvalue weighted by Crippen LogP contribution is 2.20. The topological polar surface area (TPSA) is 65.7 Å². The summed E-state index contributed by atoms with van der Waals surface area (Å²) in [5, 5.41) is 13.0. The maximum absolute atomic E-state index is 12.3. The van der Waals surface area contributed by atoms with E-state index in [4.69, 9.17) is 4.42 Å². The molecule has 5 nitrogen and oxygen atoms in total. The molecule has 1 aliphatic heterocycles. The van der Waals surface area contributed by atoms with Crippen LogP contribution in [0.25, 0.3) is 0 Å². The number of rotatable bonds is 7. The standard InChI is InChI=1S/C20H26N2O3/c23-12-8-17(16-4-2-1-3-5-16)14-21-19-6-10-22(11-7-19)20(24)18-9-13-25-15-18/h1-5,9,13,15,17,19,21,23H,6-8,10-12,14H2. The van der Waals surface area contributed by atoms with Crippen molar-refractivity contribution >= 4 is 5.91 Å². The minimum atomic E-state index is 0.0506. The van der Waals surface area contributed by atoms with Gasteiger partial charge in [-0.05, 0) is 36.8 Å². The van der Waals surface area contributed by atoms with E-state index >= 15 is 0 Å². The molecular formula is C20H26N2O3. The van der Waals surface area contributed by atoms with Gasteiger partial charge in [0.25, 0.3) is 5.91 Å². The second-order valence-electron chi connectivity index (χ2n) is 6.61. The van der Waals surface area contributed by atoms with E-state index in [1.165, 1.54) is 18.1 Å². The van der Waals surface area contributed by atoms with Gasteiger partial charge in [0.1, 0.15) is 6.26 Å². The van der Waals surface area contributed by atoms with E-state index in [2.05, 4.69) is 17.4 Å². The molecule has 1 aliphatic rings. The summed E-state index contributed by atoms with van der Waals surface area (Å²) in [5.41, 5.74) is 1.88. The van der Waals surface area contributed by atoms with Crippen molar-refractivity contribution in [3.63, 3.8) is 0 Å². The fourth-order valence-corrected chi connectivity index (χ4v) is 3.43. The highest BCUT2D eigenvalue weighted by molar-refractivity contribution is 5.93. The number of piperidine rings is 1. The quantitative estimate of drug-likeness (QED) is 0.812. The van der Waals surface area contributed by atoms with Crippen LogP contribution in [0.1, 0.15) is 41.1 Å². The first-order chi connectivity index (χ1) is 12.3. The molecule has 0 bridgehead atoms. The van der Waals surface area contributed by atoms with E-state index in [0.717, 1.165) is 38.9 Å². The SMILES string of the molecule is O=C(c1ccoc1)N1CCC(NCC(CCO)c2ccccc2)CC1. The van der Waals surface area contributed by atoms with Crippen molar-refractivity contribution < 1.29 is 14.3 Å². The molecule has 2 heterocycles. The summed E-state index contributed by atoms with van der Waals surface area (Å²) in [6.07, 6.45) is 5.70. The molecule has 1 aromatic heterocycles. The highest BCUT2D eigenvalue weighted by atomic mass is 16.3. The summed E-state index contributed by atoms with van der Waals surface area (Å²) in [6.45, 7) is 2.57. The first-order valence-electron chi connectivity index (χ1n) is 8.98. The molecular weight excluding hydrogens is 316 g/mol. The van der Waals surface area contributed by atoms with Crippen molar-refractivity contribution in [2.24, 2.45) is 0 Å². The van der Waals surface area contributed by atoms with Gasteiger partial charge in [-0.25, -0.2) is 0 Å². The first kappa shape index (κ1) is 17.7. The second kappa shape index (κ2) is 8.83. The summed E-state index contributed by atoms with van der Waals surface area (Å²) in [7, 11) is 0. The van der Waals surface area contributed by atoms with E-state index in [0.29, 0.717) is 17.5 Å². The van der Waals surface area contributed by atoms with Crippen molar-refractivity contribution in [3.8, 4) is 0 Å². The van der Waals surface area contributed by atoms with Gasteiger partial charge in [0.2, 0.25) is 0 Å². The number of furan rings is 1. The predicted molar refractivity (Wildman–Crippen MR) is 96.5 cm³/mol. The third-order valence-corrected chi connectivity index (χ3v) is 4.95. The van der Waals surface area contributed by atoms with Gasteiger partial charge in [0.15, 0.2) is 0 Å². The summed E-state index contributed by atoms with van der Waals surface area (Å²) < 4.78 is 5.00. The molecule has 134 valence electrons. The monoisotopic (exact) mass is 342 g/mol. The van der Waals surface area contributed by atoms with E-state index in [1.54, 1.807) is 6.07 Å². The third-order valence-electron chi connectivity index (χ3n) is 4.95. The van der Waals surface area contributed by atoms with Crippen LogP contribution in [0, 0.1) is 0 Å². The summed E-state index contributed by atoms with van der Waals surface area (Å²) in [4.78, 5) is 14.2. The molecule has 2 aromatic rings. The Bertz CT molecular complexity index is 634. The number of aliphatic hydroxyl groups excluding tert-OH is 1. The molecule has 1 amide bonds. The number of hydrogen-bond acceptors (Lipinski definition) is 4. The van der Waals surface area contributed by atoms with Gasteiger partial charge in [-0.2, -0.15) is 0 Å². The first-order valence-corrected chi connectivity index (χ1v) is 8.98. The van der Waals surface area contributed by atoms with E-state index in [1.807, 2.05) is 23.1 Å². The van der Waals surface area contributed by atoms with Crippen LogP contribution >= 0.6 is 0 Å². The number of carbonyl (C=O) groups is 1. The Labute approximate surface area is 148 Å². The Kier molecular flexibility index (Phi) is 6.25. The number of aliphatic hydroxyl groups is 1. The summed E-state index contributed by atoms with van der Waals surface area (Å²) in [5.74, 6) is 0.367. The van der Waals surface area contributed by atoms with Crippen LogP contribution in [0.5, 0.6) is 0 Å². The number of nitrogens with one attached hydrogen (secondary N) is 1. The van der Waals surface area contributed by atoms with Crippen molar-refractivity contribution in [1.82, 2.24) is 10.2 Å². The molecule has 0 aliphatic carbocycles. The van der Waals surface area contributed by atoms with Crippen molar-refractivity contribution in [2.75, 3.05) is 26.2 Å². The highest BCUT2D eigenvalue weighted by Gasteiger charge is 2.24. The number of amides is 1. The van der Waals surface area contributed by atoms with Gasteiger partial charge in [-0.1, -0.05) is 30.3 Å². The molecule has 1 fully saturated rings. The Morgan fingerprint density at radius 2 is 2.00 bits per heavy atom. The number of carbonyl (C=O) groups excluding carboxylic acids is 1. The molecule has 1 unspecified atom stereocenters. The zero-order valence-electron chi connectivity index (χ0n) is 14.4. The van der Waals surface area contributed by atoms with Crippen molar-refractivity contribution in [1.29, 1.82) is 0 Å². The molecule has 1 atom stereocenters. The molecule has 2 N–H and O–H groups in total. The molecule has 1 saturated heterocycles. The lowest BCUT2D eigenvalue weighted by molar-refractivity contribution is 0.0703. The fourth-order valence-electron chi connectivity index (χ4n) is 3.43. The van der Waals surface area contributed by atoms with Crippen LogP contribution in [0.15, 0.2) is 53.3 Å². The lowest BCUT2D eigenvalue weighted by Gasteiger charge is -2.33. The van der Waals surface area contributed by atoms with Crippen LogP contribution in [0.4, 0.5) is 0 Å². The lowest BCUT2D eigenvalue weighted by atomic mass is 9.95. The average molecular weight is 342 g/mol. The fraction of sp³-hybridized carbons (Fsp3) is 0.450. The van der Waals surface area contributed by atoms with Gasteiger partial charge in [-0.3, -0.25) is 4.79 Å². The summed E-state index contributed by atoms with van der Waals surface area (Å²) in [6, 6.07) is 12.5. The van der Waals surface area contributed by atoms with Crippen LogP contribution in [0.2, 0.25) is 0 Å².